The van der Waals surface area contributed by atoms with Crippen molar-refractivity contribution >= 4 is 23.2 Å². The van der Waals surface area contributed by atoms with E-state index in [1.165, 1.54) is 4.90 Å². The van der Waals surface area contributed by atoms with Gasteiger partial charge in [0.15, 0.2) is 0 Å². The van der Waals surface area contributed by atoms with E-state index in [0.29, 0.717) is 5.02 Å². The van der Waals surface area contributed by atoms with Gasteiger partial charge in [-0.1, -0.05) is 42.4 Å². The molecule has 0 spiro atoms. The minimum Gasteiger partial charge on any atom is -0.325 e. The monoisotopic (exact) mass is 256 g/mol. The van der Waals surface area contributed by atoms with Crippen LogP contribution in [0.2, 0.25) is 10.0 Å². The van der Waals surface area contributed by atoms with Crippen LogP contribution in [0.1, 0.15) is 5.56 Å². The molecule has 0 radical (unpaired) electrons. The molecule has 0 bridgehead atoms. The molecule has 0 aliphatic heterocycles. The molecule has 0 saturated carbocycles. The Bertz CT molecular complexity index is 364. The molecule has 0 unspecified atom stereocenters. The van der Waals surface area contributed by atoms with E-state index in [2.05, 4.69) is 13.2 Å². The molecule has 86 valence electrons. The Balaban J connectivity index is 2.75. The third kappa shape index (κ3) is 4.01. The molecule has 3 heteroatoms. The van der Waals surface area contributed by atoms with Crippen molar-refractivity contribution in [2.24, 2.45) is 0 Å². The quantitative estimate of drug-likeness (QED) is 0.747. The highest BCUT2D eigenvalue weighted by Crippen LogP contribution is 2.20. The fourth-order valence-corrected chi connectivity index (χ4v) is 2.05. The molecule has 0 fully saturated rings. The van der Waals surface area contributed by atoms with Crippen molar-refractivity contribution in [1.82, 2.24) is 0 Å². The van der Waals surface area contributed by atoms with Gasteiger partial charge in [0.25, 0.3) is 0 Å². The van der Waals surface area contributed by atoms with Gasteiger partial charge in [0.2, 0.25) is 0 Å². The molecule has 1 nitrogen and oxygen atoms in total. The van der Waals surface area contributed by atoms with Gasteiger partial charge in [0.1, 0.15) is 6.54 Å². The Hall–Kier alpha value is -0.760. The second-order valence-corrected chi connectivity index (χ2v) is 4.49. The summed E-state index contributed by atoms with van der Waals surface area (Å²) in [6, 6.07) is 5.61. The second-order valence-electron chi connectivity index (χ2n) is 3.65. The molecule has 0 atom stereocenters. The van der Waals surface area contributed by atoms with Crippen LogP contribution >= 0.6 is 23.2 Å². The normalized spacial score (nSPS) is 10.4. The van der Waals surface area contributed by atoms with Crippen LogP contribution in [0.5, 0.6) is 0 Å². The van der Waals surface area contributed by atoms with Gasteiger partial charge in [-0.2, -0.15) is 0 Å². The maximum atomic E-state index is 6.12. The molecular weight excluding hydrogens is 241 g/mol. The van der Waals surface area contributed by atoms with Crippen molar-refractivity contribution in [1.29, 1.82) is 0 Å². The average molecular weight is 257 g/mol. The van der Waals surface area contributed by atoms with Crippen LogP contribution < -0.4 is 4.90 Å². The molecule has 0 heterocycles. The second kappa shape index (κ2) is 6.74. The summed E-state index contributed by atoms with van der Waals surface area (Å²) in [5.74, 6) is 0. The topological polar surface area (TPSA) is 4.44 Å². The fraction of sp³-hybridized carbons (Fsp3) is 0.231. The number of quaternary nitrogens is 1. The van der Waals surface area contributed by atoms with Crippen LogP contribution in [0.15, 0.2) is 43.5 Å². The summed E-state index contributed by atoms with van der Waals surface area (Å²) < 4.78 is 0. The third-order valence-corrected chi connectivity index (χ3v) is 2.91. The highest BCUT2D eigenvalue weighted by molar-refractivity contribution is 6.35. The first-order valence-electron chi connectivity index (χ1n) is 5.16. The summed E-state index contributed by atoms with van der Waals surface area (Å²) in [4.78, 5) is 1.36. The average Bonchev–Trinajstić information content (AvgIpc) is 2.23. The smallest absolute Gasteiger partial charge is 0.105 e. The van der Waals surface area contributed by atoms with Crippen LogP contribution in [0, 0.1) is 0 Å². The molecular formula is C13H16Cl2N+. The first kappa shape index (κ1) is 13.3. The SMILES string of the molecule is C=CC[NH+](CC=C)Cc1ccc(Cl)cc1Cl. The lowest BCUT2D eigenvalue weighted by Crippen LogP contribution is -3.10. The van der Waals surface area contributed by atoms with Crippen molar-refractivity contribution in [3.8, 4) is 0 Å². The predicted molar refractivity (Wildman–Crippen MR) is 71.3 cm³/mol. The Morgan fingerprint density at radius 2 is 1.75 bits per heavy atom. The van der Waals surface area contributed by atoms with Crippen LogP contribution in [0.4, 0.5) is 0 Å². The van der Waals surface area contributed by atoms with Crippen molar-refractivity contribution in [2.75, 3.05) is 13.1 Å². The maximum Gasteiger partial charge on any atom is 0.105 e. The highest BCUT2D eigenvalue weighted by atomic mass is 35.5. The van der Waals surface area contributed by atoms with Crippen molar-refractivity contribution in [2.45, 2.75) is 6.54 Å². The van der Waals surface area contributed by atoms with Gasteiger partial charge in [-0.05, 0) is 24.3 Å². The fourth-order valence-electron chi connectivity index (χ4n) is 1.57. The van der Waals surface area contributed by atoms with Crippen LogP contribution in [-0.4, -0.2) is 13.1 Å². The summed E-state index contributed by atoms with van der Waals surface area (Å²) >= 11 is 12.0. The van der Waals surface area contributed by atoms with Gasteiger partial charge in [0, 0.05) is 10.6 Å². The van der Waals surface area contributed by atoms with Gasteiger partial charge in [-0.15, -0.1) is 0 Å². The zero-order valence-corrected chi connectivity index (χ0v) is 10.7. The summed E-state index contributed by atoms with van der Waals surface area (Å²) in [6.07, 6.45) is 3.81. The van der Waals surface area contributed by atoms with E-state index in [4.69, 9.17) is 23.2 Å². The highest BCUT2D eigenvalue weighted by Gasteiger charge is 2.09. The predicted octanol–water partition coefficient (Wildman–Crippen LogP) is 2.75. The standard InChI is InChI=1S/C13H15Cl2N/c1-3-7-16(8-4-2)10-11-5-6-12(14)9-13(11)15/h3-6,9H,1-2,7-8,10H2/p+1. The lowest BCUT2D eigenvalue weighted by Gasteiger charge is -2.16. The number of halogens is 2. The van der Waals surface area contributed by atoms with Gasteiger partial charge >= 0.3 is 0 Å². The van der Waals surface area contributed by atoms with Crippen LogP contribution in [0.25, 0.3) is 0 Å². The third-order valence-electron chi connectivity index (χ3n) is 2.32. The van der Waals surface area contributed by atoms with E-state index in [9.17, 15) is 0 Å². The zero-order valence-electron chi connectivity index (χ0n) is 9.18. The molecule has 0 saturated heterocycles. The van der Waals surface area contributed by atoms with E-state index < -0.39 is 0 Å². The molecule has 0 aliphatic carbocycles. The number of nitrogens with one attached hydrogen (secondary N) is 1. The minimum absolute atomic E-state index is 0.669. The Labute approximate surface area is 107 Å². The molecule has 0 aliphatic rings. The van der Waals surface area contributed by atoms with Gasteiger partial charge < -0.3 is 4.90 Å². The molecule has 1 aromatic carbocycles. The van der Waals surface area contributed by atoms with E-state index in [1.807, 2.05) is 24.3 Å². The Morgan fingerprint density at radius 1 is 1.12 bits per heavy atom. The molecule has 16 heavy (non-hydrogen) atoms. The van der Waals surface area contributed by atoms with Gasteiger partial charge in [-0.3, -0.25) is 0 Å². The van der Waals surface area contributed by atoms with E-state index in [1.54, 1.807) is 6.07 Å². The Morgan fingerprint density at radius 3 is 2.25 bits per heavy atom. The number of rotatable bonds is 6. The van der Waals surface area contributed by atoms with Crippen molar-refractivity contribution in [3.05, 3.63) is 59.1 Å². The van der Waals surface area contributed by atoms with E-state index >= 15 is 0 Å². The molecule has 0 aromatic heterocycles. The summed E-state index contributed by atoms with van der Waals surface area (Å²) in [5.41, 5.74) is 1.10. The molecule has 1 aromatic rings. The first-order chi connectivity index (χ1) is 7.67. The van der Waals surface area contributed by atoms with Crippen LogP contribution in [0.3, 0.4) is 0 Å². The molecule has 1 rings (SSSR count). The molecule has 1 N–H and O–H groups in total. The summed E-state index contributed by atoms with van der Waals surface area (Å²) in [5, 5.41) is 1.39. The largest absolute Gasteiger partial charge is 0.325 e. The lowest BCUT2D eigenvalue weighted by atomic mass is 10.2. The number of benzene rings is 1. The van der Waals surface area contributed by atoms with E-state index in [-0.39, 0.29) is 0 Å². The van der Waals surface area contributed by atoms with Gasteiger partial charge in [-0.25, -0.2) is 0 Å². The van der Waals surface area contributed by atoms with E-state index in [0.717, 1.165) is 30.2 Å². The summed E-state index contributed by atoms with van der Waals surface area (Å²) in [6.45, 7) is 10.1. The van der Waals surface area contributed by atoms with Crippen LogP contribution in [-0.2, 0) is 6.54 Å². The minimum atomic E-state index is 0.669. The Kier molecular flexibility index (Phi) is 5.61. The molecule has 0 amide bonds. The van der Waals surface area contributed by atoms with Gasteiger partial charge in [0.05, 0.1) is 18.1 Å². The number of hydrogen-bond acceptors (Lipinski definition) is 0. The first-order valence-corrected chi connectivity index (χ1v) is 5.92. The summed E-state index contributed by atoms with van der Waals surface area (Å²) in [7, 11) is 0. The lowest BCUT2D eigenvalue weighted by molar-refractivity contribution is -0.902. The van der Waals surface area contributed by atoms with Crippen molar-refractivity contribution < 1.29 is 4.90 Å². The maximum absolute atomic E-state index is 6.12. The number of hydrogen-bond donors (Lipinski definition) is 1. The van der Waals surface area contributed by atoms with Crippen molar-refractivity contribution in [3.63, 3.8) is 0 Å². The zero-order chi connectivity index (χ0) is 12.0.